The molecule has 24 heavy (non-hydrogen) atoms. The highest BCUT2D eigenvalue weighted by Crippen LogP contribution is 2.56. The van der Waals surface area contributed by atoms with E-state index in [1.807, 2.05) is 36.4 Å². The van der Waals surface area contributed by atoms with E-state index in [-0.39, 0.29) is 17.7 Å². The number of esters is 1. The fraction of sp³-hybridized carbons (Fsp3) is 0.300. The monoisotopic (exact) mass is 320 g/mol. The number of fused-ring (bicyclic) bond motifs is 3. The number of Topliss-reactive ketones (excluding diaryl/α,β-unsaturated/α-hetero) is 1. The Morgan fingerprint density at radius 3 is 2.71 bits per heavy atom. The Morgan fingerprint density at radius 2 is 1.96 bits per heavy atom. The molecule has 0 spiro atoms. The molecule has 5 rings (SSSR count). The summed E-state index contributed by atoms with van der Waals surface area (Å²) in [6.45, 7) is 0. The van der Waals surface area contributed by atoms with E-state index >= 15 is 0 Å². The molecule has 2 aliphatic carbocycles. The molecule has 0 unspecified atom stereocenters. The smallest absolute Gasteiger partial charge is 0.350 e. The molecular formula is C20H16O4. The van der Waals surface area contributed by atoms with Crippen molar-refractivity contribution >= 4 is 28.3 Å². The third kappa shape index (κ3) is 1.44. The van der Waals surface area contributed by atoms with Crippen LogP contribution in [-0.4, -0.2) is 24.5 Å². The van der Waals surface area contributed by atoms with Crippen LogP contribution < -0.4 is 0 Å². The molecule has 2 aromatic rings. The first-order valence-electron chi connectivity index (χ1n) is 8.26. The maximum atomic E-state index is 13.2. The molecule has 0 N–H and O–H groups in total. The average Bonchev–Trinajstić information content (AvgIpc) is 3.16. The molecule has 2 aromatic carbocycles. The number of benzene rings is 2. The molecular weight excluding hydrogens is 304 g/mol. The van der Waals surface area contributed by atoms with E-state index in [0.29, 0.717) is 23.3 Å². The third-order valence-corrected chi connectivity index (χ3v) is 5.65. The zero-order valence-corrected chi connectivity index (χ0v) is 13.3. The molecule has 1 heterocycles. The second kappa shape index (κ2) is 4.47. The van der Waals surface area contributed by atoms with Gasteiger partial charge in [-0.2, -0.15) is 0 Å². The Kier molecular flexibility index (Phi) is 2.57. The van der Waals surface area contributed by atoms with Gasteiger partial charge >= 0.3 is 5.97 Å². The van der Waals surface area contributed by atoms with Crippen LogP contribution in [0.25, 0.3) is 16.5 Å². The maximum absolute atomic E-state index is 13.2. The summed E-state index contributed by atoms with van der Waals surface area (Å²) in [6.07, 6.45) is 2.23. The van der Waals surface area contributed by atoms with Gasteiger partial charge in [0.2, 0.25) is 5.60 Å². The Morgan fingerprint density at radius 1 is 1.21 bits per heavy atom. The topological polar surface area (TPSA) is 52.6 Å². The van der Waals surface area contributed by atoms with E-state index in [1.54, 1.807) is 0 Å². The van der Waals surface area contributed by atoms with Crippen LogP contribution in [0.15, 0.2) is 42.0 Å². The second-order valence-electron chi connectivity index (χ2n) is 6.71. The van der Waals surface area contributed by atoms with Crippen LogP contribution in [0, 0.1) is 5.92 Å². The van der Waals surface area contributed by atoms with E-state index in [0.717, 1.165) is 29.2 Å². The summed E-state index contributed by atoms with van der Waals surface area (Å²) < 4.78 is 11.3. The zero-order chi connectivity index (χ0) is 16.5. The lowest BCUT2D eigenvalue weighted by Crippen LogP contribution is -2.42. The molecule has 0 aromatic heterocycles. The number of carbonyl (C=O) groups excluding carboxylic acids is 2. The minimum atomic E-state index is -1.03. The molecule has 4 nitrogen and oxygen atoms in total. The fourth-order valence-corrected chi connectivity index (χ4v) is 4.66. The summed E-state index contributed by atoms with van der Waals surface area (Å²) in [5, 5.41) is 1.93. The number of ether oxygens (including phenoxy) is 2. The Labute approximate surface area is 139 Å². The van der Waals surface area contributed by atoms with Crippen molar-refractivity contribution in [2.24, 2.45) is 5.92 Å². The number of ketones is 1. The number of carbonyl (C=O) groups is 2. The summed E-state index contributed by atoms with van der Waals surface area (Å²) in [6, 6.07) is 11.7. The van der Waals surface area contributed by atoms with Crippen molar-refractivity contribution in [3.8, 4) is 0 Å². The van der Waals surface area contributed by atoms with Crippen molar-refractivity contribution in [2.75, 3.05) is 7.11 Å². The molecule has 4 heteroatoms. The first-order valence-corrected chi connectivity index (χ1v) is 8.26. The summed E-state index contributed by atoms with van der Waals surface area (Å²) in [5.74, 6) is -0.00845. The van der Waals surface area contributed by atoms with E-state index in [4.69, 9.17) is 9.47 Å². The lowest BCUT2D eigenvalue weighted by atomic mass is 9.79. The normalized spacial score (nSPS) is 27.0. The van der Waals surface area contributed by atoms with Crippen molar-refractivity contribution in [3.05, 3.63) is 53.1 Å². The molecule has 120 valence electrons. The van der Waals surface area contributed by atoms with Crippen LogP contribution in [0.3, 0.4) is 0 Å². The third-order valence-electron chi connectivity index (χ3n) is 5.65. The summed E-state index contributed by atoms with van der Waals surface area (Å²) in [4.78, 5) is 25.7. The highest BCUT2D eigenvalue weighted by Gasteiger charge is 2.61. The summed E-state index contributed by atoms with van der Waals surface area (Å²) >= 11 is 0. The van der Waals surface area contributed by atoms with Crippen LogP contribution in [0.5, 0.6) is 0 Å². The quantitative estimate of drug-likeness (QED) is 0.755. The van der Waals surface area contributed by atoms with Gasteiger partial charge in [-0.1, -0.05) is 36.4 Å². The number of rotatable bonds is 1. The van der Waals surface area contributed by atoms with Gasteiger partial charge < -0.3 is 9.47 Å². The van der Waals surface area contributed by atoms with Crippen LogP contribution in [0.4, 0.5) is 0 Å². The van der Waals surface area contributed by atoms with Crippen LogP contribution in [0.1, 0.15) is 35.2 Å². The van der Waals surface area contributed by atoms with Crippen LogP contribution in [-0.2, 0) is 14.3 Å². The van der Waals surface area contributed by atoms with Crippen molar-refractivity contribution < 1.29 is 19.1 Å². The van der Waals surface area contributed by atoms with Gasteiger partial charge in [-0.05, 0) is 24.6 Å². The maximum Gasteiger partial charge on any atom is 0.350 e. The van der Waals surface area contributed by atoms with Crippen molar-refractivity contribution in [1.82, 2.24) is 0 Å². The van der Waals surface area contributed by atoms with Gasteiger partial charge in [-0.3, -0.25) is 4.79 Å². The Hall–Kier alpha value is -2.62. The molecule has 0 saturated heterocycles. The largest absolute Gasteiger partial charge is 0.474 e. The lowest BCUT2D eigenvalue weighted by molar-refractivity contribution is -0.162. The first-order chi connectivity index (χ1) is 11.7. The summed E-state index contributed by atoms with van der Waals surface area (Å²) in [7, 11) is 1.38. The van der Waals surface area contributed by atoms with E-state index < -0.39 is 5.60 Å². The fourth-order valence-electron chi connectivity index (χ4n) is 4.66. The molecule has 0 amide bonds. The highest BCUT2D eigenvalue weighted by atomic mass is 16.6. The summed E-state index contributed by atoms with van der Waals surface area (Å²) in [5.41, 5.74) is 1.25. The molecule has 1 aliphatic heterocycles. The molecule has 3 aliphatic rings. The standard InChI is InChI=1S/C20H16O4/c1-23-19(22)20-10-4-9-14(20)16-17(21)12-7-2-5-11-6-3-8-13(15(11)12)18(16)24-20/h2-3,5-8,14H,4,9-10H2,1H3/t14-,20-/m0/s1. The molecule has 1 fully saturated rings. The second-order valence-corrected chi connectivity index (χ2v) is 6.71. The van der Waals surface area contributed by atoms with Crippen molar-refractivity contribution in [2.45, 2.75) is 24.9 Å². The first kappa shape index (κ1) is 13.8. The van der Waals surface area contributed by atoms with Crippen molar-refractivity contribution in [1.29, 1.82) is 0 Å². The van der Waals surface area contributed by atoms with E-state index in [9.17, 15) is 9.59 Å². The number of hydrogen-bond acceptors (Lipinski definition) is 4. The van der Waals surface area contributed by atoms with Gasteiger partial charge in [0.1, 0.15) is 5.76 Å². The Balaban J connectivity index is 1.79. The number of methoxy groups -OCH3 is 1. The van der Waals surface area contributed by atoms with Gasteiger partial charge in [0, 0.05) is 22.4 Å². The molecule has 1 saturated carbocycles. The molecule has 2 atom stereocenters. The minimum absolute atomic E-state index is 0.00743. The van der Waals surface area contributed by atoms with Crippen LogP contribution in [0.2, 0.25) is 0 Å². The average molecular weight is 320 g/mol. The SMILES string of the molecule is COC(=O)[C@]12CCC[C@H]1C1=C(O2)c2cccc3cccc(c23)C1=O. The van der Waals surface area contributed by atoms with Gasteiger partial charge in [-0.15, -0.1) is 0 Å². The lowest BCUT2D eigenvalue weighted by Gasteiger charge is -2.26. The minimum Gasteiger partial charge on any atom is -0.474 e. The van der Waals surface area contributed by atoms with Gasteiger partial charge in [0.15, 0.2) is 5.78 Å². The Bertz CT molecular complexity index is 950. The van der Waals surface area contributed by atoms with Gasteiger partial charge in [0.05, 0.1) is 12.7 Å². The zero-order valence-electron chi connectivity index (χ0n) is 13.3. The molecule has 0 radical (unpaired) electrons. The predicted octanol–water partition coefficient (Wildman–Crippen LogP) is 3.49. The molecule has 0 bridgehead atoms. The van der Waals surface area contributed by atoms with E-state index in [2.05, 4.69) is 0 Å². The van der Waals surface area contributed by atoms with Crippen LogP contribution >= 0.6 is 0 Å². The van der Waals surface area contributed by atoms with Crippen molar-refractivity contribution in [3.63, 3.8) is 0 Å². The van der Waals surface area contributed by atoms with E-state index in [1.165, 1.54) is 7.11 Å². The predicted molar refractivity (Wildman–Crippen MR) is 88.4 cm³/mol. The highest BCUT2D eigenvalue weighted by molar-refractivity contribution is 6.25. The van der Waals surface area contributed by atoms with Gasteiger partial charge in [-0.25, -0.2) is 4.79 Å². The number of hydrogen-bond donors (Lipinski definition) is 0. The van der Waals surface area contributed by atoms with Gasteiger partial charge in [0.25, 0.3) is 0 Å².